The van der Waals surface area contributed by atoms with Gasteiger partial charge >= 0.3 is 0 Å². The van der Waals surface area contributed by atoms with Crippen molar-refractivity contribution in [2.45, 2.75) is 43.4 Å². The van der Waals surface area contributed by atoms with E-state index in [2.05, 4.69) is 5.32 Å². The first-order valence-corrected chi connectivity index (χ1v) is 11.6. The number of ether oxygens (including phenoxy) is 2. The monoisotopic (exact) mass is 430 g/mol. The molecule has 1 N–H and O–H groups in total. The summed E-state index contributed by atoms with van der Waals surface area (Å²) < 4.78 is 38.6. The summed E-state index contributed by atoms with van der Waals surface area (Å²) >= 11 is 0. The highest BCUT2D eigenvalue weighted by Gasteiger charge is 2.32. The molecule has 7 nitrogen and oxygen atoms in total. The number of nitrogens with one attached hydrogen (secondary N) is 1. The van der Waals surface area contributed by atoms with Gasteiger partial charge in [0.15, 0.2) is 0 Å². The lowest BCUT2D eigenvalue weighted by Crippen LogP contribution is -2.48. The van der Waals surface area contributed by atoms with Gasteiger partial charge in [0.1, 0.15) is 5.75 Å². The van der Waals surface area contributed by atoms with E-state index in [4.69, 9.17) is 9.47 Å². The fourth-order valence-electron chi connectivity index (χ4n) is 3.99. The molecule has 2 aliphatic rings. The molecule has 0 aliphatic carbocycles. The van der Waals surface area contributed by atoms with Gasteiger partial charge in [-0.05, 0) is 44.2 Å². The van der Waals surface area contributed by atoms with Crippen molar-refractivity contribution in [1.29, 1.82) is 0 Å². The summed E-state index contributed by atoms with van der Waals surface area (Å²) in [5, 5.41) is 3.03. The molecular weight excluding hydrogens is 404 g/mol. The minimum Gasteiger partial charge on any atom is -0.493 e. The van der Waals surface area contributed by atoms with Crippen LogP contribution in [-0.2, 0) is 14.8 Å². The summed E-state index contributed by atoms with van der Waals surface area (Å²) in [7, 11) is -3.63. The SMILES string of the molecule is C[C@@H]1CN(S(=O)(=O)c2ccc(C(=O)N[C@@H]3CCOc4ccccc43)cc2)C[C@@H](C)O1. The highest BCUT2D eigenvalue weighted by Crippen LogP contribution is 2.31. The molecule has 1 amide bonds. The number of hydrogen-bond donors (Lipinski definition) is 1. The number of fused-ring (bicyclic) bond motifs is 1. The highest BCUT2D eigenvalue weighted by atomic mass is 32.2. The number of nitrogens with zero attached hydrogens (tertiary/aromatic N) is 1. The minimum absolute atomic E-state index is 0.137. The van der Waals surface area contributed by atoms with E-state index < -0.39 is 10.0 Å². The molecule has 160 valence electrons. The van der Waals surface area contributed by atoms with Crippen LogP contribution in [-0.4, -0.2) is 50.5 Å². The maximum absolute atomic E-state index is 13.0. The normalized spacial score (nSPS) is 24.5. The number of benzene rings is 2. The van der Waals surface area contributed by atoms with E-state index in [0.717, 1.165) is 11.3 Å². The van der Waals surface area contributed by atoms with Crippen LogP contribution in [0.15, 0.2) is 53.4 Å². The van der Waals surface area contributed by atoms with Crippen LogP contribution in [0.4, 0.5) is 0 Å². The van der Waals surface area contributed by atoms with Crippen molar-refractivity contribution >= 4 is 15.9 Å². The zero-order valence-corrected chi connectivity index (χ0v) is 17.9. The first-order valence-electron chi connectivity index (χ1n) is 10.1. The van der Waals surface area contributed by atoms with Gasteiger partial charge in [-0.1, -0.05) is 18.2 Å². The molecule has 0 unspecified atom stereocenters. The van der Waals surface area contributed by atoms with Gasteiger partial charge in [-0.2, -0.15) is 4.31 Å². The Kier molecular flexibility index (Phi) is 5.81. The maximum atomic E-state index is 13.0. The molecule has 8 heteroatoms. The third kappa shape index (κ3) is 4.21. The Hall–Kier alpha value is -2.42. The predicted molar refractivity (Wildman–Crippen MR) is 112 cm³/mol. The molecule has 1 saturated heterocycles. The minimum atomic E-state index is -3.63. The van der Waals surface area contributed by atoms with E-state index in [1.807, 2.05) is 38.1 Å². The first-order chi connectivity index (χ1) is 14.3. The van der Waals surface area contributed by atoms with Gasteiger partial charge in [0.2, 0.25) is 10.0 Å². The van der Waals surface area contributed by atoms with Gasteiger partial charge in [0.25, 0.3) is 5.91 Å². The lowest BCUT2D eigenvalue weighted by molar-refractivity contribution is -0.0440. The Bertz CT molecular complexity index is 1010. The Labute approximate surface area is 177 Å². The molecule has 2 heterocycles. The van der Waals surface area contributed by atoms with E-state index in [9.17, 15) is 13.2 Å². The molecule has 2 aliphatic heterocycles. The summed E-state index contributed by atoms with van der Waals surface area (Å²) in [4.78, 5) is 12.9. The second-order valence-corrected chi connectivity index (χ2v) is 9.74. The highest BCUT2D eigenvalue weighted by molar-refractivity contribution is 7.89. The zero-order valence-electron chi connectivity index (χ0n) is 17.1. The molecule has 0 radical (unpaired) electrons. The van der Waals surface area contributed by atoms with Gasteiger partial charge in [-0.25, -0.2) is 8.42 Å². The van der Waals surface area contributed by atoms with E-state index in [0.29, 0.717) is 31.7 Å². The van der Waals surface area contributed by atoms with Crippen LogP contribution < -0.4 is 10.1 Å². The average molecular weight is 431 g/mol. The number of para-hydroxylation sites is 1. The van der Waals surface area contributed by atoms with Crippen LogP contribution in [0.5, 0.6) is 5.75 Å². The van der Waals surface area contributed by atoms with Crippen LogP contribution >= 0.6 is 0 Å². The van der Waals surface area contributed by atoms with Crippen molar-refractivity contribution in [2.24, 2.45) is 0 Å². The Morgan fingerprint density at radius 1 is 1.03 bits per heavy atom. The average Bonchev–Trinajstić information content (AvgIpc) is 2.73. The summed E-state index contributed by atoms with van der Waals surface area (Å²) in [6, 6.07) is 13.6. The third-order valence-electron chi connectivity index (χ3n) is 5.40. The molecule has 2 aromatic carbocycles. The van der Waals surface area contributed by atoms with Crippen LogP contribution in [0.25, 0.3) is 0 Å². The molecule has 0 spiro atoms. The van der Waals surface area contributed by atoms with Crippen molar-refractivity contribution in [3.63, 3.8) is 0 Å². The number of carbonyl (C=O) groups is 1. The Morgan fingerprint density at radius 2 is 1.70 bits per heavy atom. The topological polar surface area (TPSA) is 84.9 Å². The second kappa shape index (κ2) is 8.37. The second-order valence-electron chi connectivity index (χ2n) is 7.80. The van der Waals surface area contributed by atoms with E-state index in [-0.39, 0.29) is 29.1 Å². The fourth-order valence-corrected chi connectivity index (χ4v) is 5.58. The molecule has 30 heavy (non-hydrogen) atoms. The van der Waals surface area contributed by atoms with Crippen LogP contribution in [0.3, 0.4) is 0 Å². The van der Waals surface area contributed by atoms with E-state index in [1.54, 1.807) is 12.1 Å². The summed E-state index contributed by atoms with van der Waals surface area (Å²) in [5.41, 5.74) is 1.37. The van der Waals surface area contributed by atoms with Crippen molar-refractivity contribution in [1.82, 2.24) is 9.62 Å². The van der Waals surface area contributed by atoms with Crippen LogP contribution in [0.2, 0.25) is 0 Å². The zero-order chi connectivity index (χ0) is 21.3. The van der Waals surface area contributed by atoms with E-state index >= 15 is 0 Å². The lowest BCUT2D eigenvalue weighted by atomic mass is 10.00. The van der Waals surface area contributed by atoms with Gasteiger partial charge in [-0.3, -0.25) is 4.79 Å². The molecule has 2 aromatic rings. The van der Waals surface area contributed by atoms with Crippen molar-refractivity contribution in [3.8, 4) is 5.75 Å². The van der Waals surface area contributed by atoms with E-state index in [1.165, 1.54) is 16.4 Å². The lowest BCUT2D eigenvalue weighted by Gasteiger charge is -2.34. The third-order valence-corrected chi connectivity index (χ3v) is 7.25. The van der Waals surface area contributed by atoms with Crippen LogP contribution in [0, 0.1) is 0 Å². The van der Waals surface area contributed by atoms with Gasteiger partial charge in [0, 0.05) is 30.6 Å². The summed E-state index contributed by atoms with van der Waals surface area (Å²) in [5.74, 6) is 0.540. The van der Waals surface area contributed by atoms with Gasteiger partial charge < -0.3 is 14.8 Å². The molecule has 0 bridgehead atoms. The Balaban J connectivity index is 1.48. The molecule has 4 rings (SSSR count). The number of amides is 1. The largest absolute Gasteiger partial charge is 0.493 e. The van der Waals surface area contributed by atoms with Crippen LogP contribution in [0.1, 0.15) is 42.2 Å². The van der Waals surface area contributed by atoms with Gasteiger partial charge in [0.05, 0.1) is 29.8 Å². The molecule has 0 aromatic heterocycles. The summed E-state index contributed by atoms with van der Waals surface area (Å²) in [6.45, 7) is 4.89. The number of morpholine rings is 1. The number of hydrogen-bond acceptors (Lipinski definition) is 5. The number of rotatable bonds is 4. The predicted octanol–water partition coefficient (Wildman–Crippen LogP) is 2.74. The standard InChI is InChI=1S/C22H26N2O5S/c1-15-13-24(14-16(2)29-15)30(26,27)18-9-7-17(8-10-18)22(25)23-20-11-12-28-21-6-4-3-5-19(20)21/h3-10,15-16,20H,11-14H2,1-2H3,(H,23,25)/t15-,16-,20-/m1/s1. The quantitative estimate of drug-likeness (QED) is 0.806. The van der Waals surface area contributed by atoms with Crippen molar-refractivity contribution in [2.75, 3.05) is 19.7 Å². The molecular formula is C22H26N2O5S. The summed E-state index contributed by atoms with van der Waals surface area (Å²) in [6.07, 6.45) is 0.370. The molecule has 3 atom stereocenters. The van der Waals surface area contributed by atoms with Crippen molar-refractivity contribution < 1.29 is 22.7 Å². The fraction of sp³-hybridized carbons (Fsp3) is 0.409. The Morgan fingerprint density at radius 3 is 2.40 bits per heavy atom. The smallest absolute Gasteiger partial charge is 0.251 e. The maximum Gasteiger partial charge on any atom is 0.251 e. The molecule has 1 fully saturated rings. The number of sulfonamides is 1. The number of carbonyl (C=O) groups excluding carboxylic acids is 1. The van der Waals surface area contributed by atoms with Crippen molar-refractivity contribution in [3.05, 3.63) is 59.7 Å². The first kappa shape index (κ1) is 20.8. The van der Waals surface area contributed by atoms with Gasteiger partial charge in [-0.15, -0.1) is 0 Å². The molecule has 0 saturated carbocycles.